The first-order valence-electron chi connectivity index (χ1n) is 6.68. The highest BCUT2D eigenvalue weighted by atomic mass is 32.1. The number of aromatic nitrogens is 2. The molecule has 0 spiro atoms. The maximum absolute atomic E-state index is 12.9. The first-order chi connectivity index (χ1) is 10.6. The van der Waals surface area contributed by atoms with Gasteiger partial charge >= 0.3 is 0 Å². The molecule has 2 aromatic heterocycles. The van der Waals surface area contributed by atoms with Crippen LogP contribution in [0.5, 0.6) is 5.88 Å². The smallest absolute Gasteiger partial charge is 0.226 e. The van der Waals surface area contributed by atoms with E-state index in [9.17, 15) is 9.18 Å². The molecule has 3 aromatic rings. The first-order valence-corrected chi connectivity index (χ1v) is 7.50. The van der Waals surface area contributed by atoms with Crippen molar-refractivity contribution in [2.45, 2.75) is 13.8 Å². The maximum Gasteiger partial charge on any atom is 0.226 e. The van der Waals surface area contributed by atoms with Crippen LogP contribution in [-0.4, -0.2) is 22.4 Å². The Kier molecular flexibility index (Phi) is 3.85. The SMILES string of the molecule is Cc1sc2ncnc(OCC(=O)c3ccc(F)cc3)c2c1C. The van der Waals surface area contributed by atoms with Gasteiger partial charge in [-0.05, 0) is 43.7 Å². The van der Waals surface area contributed by atoms with Gasteiger partial charge in [0.2, 0.25) is 5.88 Å². The third kappa shape index (κ3) is 2.69. The van der Waals surface area contributed by atoms with Crippen LogP contribution in [0, 0.1) is 19.7 Å². The molecule has 0 unspecified atom stereocenters. The lowest BCUT2D eigenvalue weighted by Gasteiger charge is -2.06. The number of hydrogen-bond donors (Lipinski definition) is 0. The predicted octanol–water partition coefficient (Wildman–Crippen LogP) is 3.71. The van der Waals surface area contributed by atoms with E-state index in [-0.39, 0.29) is 18.2 Å². The van der Waals surface area contributed by atoms with Crippen molar-refractivity contribution < 1.29 is 13.9 Å². The van der Waals surface area contributed by atoms with E-state index in [1.165, 1.54) is 30.6 Å². The van der Waals surface area contributed by atoms with Crippen molar-refractivity contribution in [3.8, 4) is 5.88 Å². The second kappa shape index (κ2) is 5.81. The lowest BCUT2D eigenvalue weighted by atomic mass is 10.1. The van der Waals surface area contributed by atoms with Gasteiger partial charge in [0, 0.05) is 10.4 Å². The Balaban J connectivity index is 1.82. The summed E-state index contributed by atoms with van der Waals surface area (Å²) < 4.78 is 18.4. The van der Waals surface area contributed by atoms with Gasteiger partial charge in [0.25, 0.3) is 0 Å². The maximum atomic E-state index is 12.9. The number of carbonyl (C=O) groups excluding carboxylic acids is 1. The van der Waals surface area contributed by atoms with Crippen LogP contribution in [-0.2, 0) is 0 Å². The monoisotopic (exact) mass is 316 g/mol. The van der Waals surface area contributed by atoms with E-state index in [2.05, 4.69) is 9.97 Å². The lowest BCUT2D eigenvalue weighted by molar-refractivity contribution is 0.0919. The van der Waals surface area contributed by atoms with Crippen LogP contribution < -0.4 is 4.74 Å². The van der Waals surface area contributed by atoms with Crippen molar-refractivity contribution in [2.75, 3.05) is 6.61 Å². The van der Waals surface area contributed by atoms with Gasteiger partial charge in [-0.1, -0.05) is 0 Å². The Bertz CT molecular complexity index is 843. The van der Waals surface area contributed by atoms with Crippen LogP contribution in [0.15, 0.2) is 30.6 Å². The summed E-state index contributed by atoms with van der Waals surface area (Å²) >= 11 is 1.57. The van der Waals surface area contributed by atoms with E-state index in [1.807, 2.05) is 13.8 Å². The number of benzene rings is 1. The van der Waals surface area contributed by atoms with E-state index in [0.717, 1.165) is 20.7 Å². The number of thiophene rings is 1. The Morgan fingerprint density at radius 1 is 1.23 bits per heavy atom. The third-order valence-corrected chi connectivity index (χ3v) is 4.55. The lowest BCUT2D eigenvalue weighted by Crippen LogP contribution is -2.12. The highest BCUT2D eigenvalue weighted by Crippen LogP contribution is 2.33. The Morgan fingerprint density at radius 3 is 2.68 bits per heavy atom. The zero-order chi connectivity index (χ0) is 15.7. The minimum absolute atomic E-state index is 0.147. The average molecular weight is 316 g/mol. The molecule has 4 nitrogen and oxygen atoms in total. The number of carbonyl (C=O) groups is 1. The van der Waals surface area contributed by atoms with Gasteiger partial charge in [-0.25, -0.2) is 14.4 Å². The standard InChI is InChI=1S/C16H13FN2O2S/c1-9-10(2)22-16-14(9)15(18-8-19-16)21-7-13(20)11-3-5-12(17)6-4-11/h3-6,8H,7H2,1-2H3. The molecule has 0 saturated carbocycles. The van der Waals surface area contributed by atoms with Crippen molar-refractivity contribution in [1.29, 1.82) is 0 Å². The number of hydrogen-bond acceptors (Lipinski definition) is 5. The molecular formula is C16H13FN2O2S. The number of Topliss-reactive ketones (excluding diaryl/α,β-unsaturated/α-hetero) is 1. The van der Waals surface area contributed by atoms with E-state index in [1.54, 1.807) is 11.3 Å². The molecule has 0 amide bonds. The molecule has 0 N–H and O–H groups in total. The summed E-state index contributed by atoms with van der Waals surface area (Å²) in [5.74, 6) is -0.196. The van der Waals surface area contributed by atoms with Crippen molar-refractivity contribution >= 4 is 27.3 Å². The van der Waals surface area contributed by atoms with Gasteiger partial charge in [-0.15, -0.1) is 11.3 Å². The summed E-state index contributed by atoms with van der Waals surface area (Å²) in [6, 6.07) is 5.39. The highest BCUT2D eigenvalue weighted by Gasteiger charge is 2.14. The van der Waals surface area contributed by atoms with Crippen LogP contribution in [0.2, 0.25) is 0 Å². The topological polar surface area (TPSA) is 52.1 Å². The normalized spacial score (nSPS) is 10.9. The van der Waals surface area contributed by atoms with Crippen LogP contribution in [0.25, 0.3) is 10.2 Å². The number of aryl methyl sites for hydroxylation is 2. The Morgan fingerprint density at radius 2 is 1.95 bits per heavy atom. The molecule has 1 aromatic carbocycles. The van der Waals surface area contributed by atoms with Crippen LogP contribution in [0.3, 0.4) is 0 Å². The minimum Gasteiger partial charge on any atom is -0.469 e. The average Bonchev–Trinajstić information content (AvgIpc) is 2.81. The molecule has 6 heteroatoms. The molecule has 0 atom stereocenters. The zero-order valence-corrected chi connectivity index (χ0v) is 12.9. The summed E-state index contributed by atoms with van der Waals surface area (Å²) in [5.41, 5.74) is 1.47. The van der Waals surface area contributed by atoms with E-state index >= 15 is 0 Å². The van der Waals surface area contributed by atoms with Crippen LogP contribution in [0.1, 0.15) is 20.8 Å². The Hall–Kier alpha value is -2.34. The number of ketones is 1. The largest absolute Gasteiger partial charge is 0.469 e. The van der Waals surface area contributed by atoms with Crippen LogP contribution >= 0.6 is 11.3 Å². The van der Waals surface area contributed by atoms with Gasteiger partial charge in [-0.2, -0.15) is 0 Å². The van der Waals surface area contributed by atoms with Gasteiger partial charge in [0.15, 0.2) is 12.4 Å². The zero-order valence-electron chi connectivity index (χ0n) is 12.1. The van der Waals surface area contributed by atoms with Crippen molar-refractivity contribution in [2.24, 2.45) is 0 Å². The molecular weight excluding hydrogens is 303 g/mol. The molecule has 0 bridgehead atoms. The second-order valence-corrected chi connectivity index (χ2v) is 6.06. The summed E-state index contributed by atoms with van der Waals surface area (Å²) in [4.78, 5) is 22.4. The van der Waals surface area contributed by atoms with Crippen molar-refractivity contribution in [3.63, 3.8) is 0 Å². The molecule has 22 heavy (non-hydrogen) atoms. The molecule has 112 valence electrons. The van der Waals surface area contributed by atoms with Crippen LogP contribution in [0.4, 0.5) is 4.39 Å². The molecule has 0 fully saturated rings. The summed E-state index contributed by atoms with van der Waals surface area (Å²) in [6.07, 6.45) is 1.43. The number of halogens is 1. The Labute approximate surface area is 130 Å². The third-order valence-electron chi connectivity index (χ3n) is 3.44. The van der Waals surface area contributed by atoms with Crippen molar-refractivity contribution in [3.05, 3.63) is 52.4 Å². The number of ether oxygens (including phenoxy) is 1. The fourth-order valence-electron chi connectivity index (χ4n) is 2.11. The molecule has 0 aliphatic heterocycles. The minimum atomic E-state index is -0.376. The molecule has 0 aliphatic rings. The highest BCUT2D eigenvalue weighted by molar-refractivity contribution is 7.18. The first kappa shape index (κ1) is 14.6. The van der Waals surface area contributed by atoms with Gasteiger partial charge in [0.1, 0.15) is 17.0 Å². The molecule has 0 saturated heterocycles. The fourth-order valence-corrected chi connectivity index (χ4v) is 3.10. The quantitative estimate of drug-likeness (QED) is 0.689. The number of nitrogens with zero attached hydrogens (tertiary/aromatic N) is 2. The fraction of sp³-hybridized carbons (Fsp3) is 0.188. The van der Waals surface area contributed by atoms with Gasteiger partial charge < -0.3 is 4.74 Å². The van der Waals surface area contributed by atoms with E-state index in [0.29, 0.717) is 11.4 Å². The predicted molar refractivity (Wildman–Crippen MR) is 83.1 cm³/mol. The molecule has 2 heterocycles. The summed E-state index contributed by atoms with van der Waals surface area (Å²) in [6.45, 7) is 3.84. The molecule has 3 rings (SSSR count). The number of rotatable bonds is 4. The molecule has 0 radical (unpaired) electrons. The van der Waals surface area contributed by atoms with Gasteiger partial charge in [0.05, 0.1) is 5.39 Å². The number of fused-ring (bicyclic) bond motifs is 1. The molecule has 0 aliphatic carbocycles. The van der Waals surface area contributed by atoms with Crippen molar-refractivity contribution in [1.82, 2.24) is 9.97 Å². The van der Waals surface area contributed by atoms with E-state index < -0.39 is 0 Å². The van der Waals surface area contributed by atoms with Gasteiger partial charge in [-0.3, -0.25) is 4.79 Å². The summed E-state index contributed by atoms with van der Waals surface area (Å²) in [7, 11) is 0. The second-order valence-electron chi connectivity index (χ2n) is 4.86. The van der Waals surface area contributed by atoms with E-state index in [4.69, 9.17) is 4.74 Å². The summed E-state index contributed by atoms with van der Waals surface area (Å²) in [5, 5.41) is 0.844.